The van der Waals surface area contributed by atoms with E-state index >= 15 is 0 Å². The molecule has 7 heteroatoms. The Morgan fingerprint density at radius 1 is 1.23 bits per heavy atom. The third-order valence-electron chi connectivity index (χ3n) is 3.19. The van der Waals surface area contributed by atoms with Crippen LogP contribution in [0.2, 0.25) is 0 Å². The van der Waals surface area contributed by atoms with E-state index in [1.54, 1.807) is 16.8 Å². The smallest absolute Gasteiger partial charge is 0.241 e. The molecule has 0 amide bonds. The molecule has 2 aromatic heterocycles. The Morgan fingerprint density at radius 3 is 2.68 bits per heavy atom. The van der Waals surface area contributed by atoms with E-state index in [0.717, 1.165) is 17.7 Å². The van der Waals surface area contributed by atoms with Crippen LogP contribution in [0.4, 0.5) is 4.39 Å². The van der Waals surface area contributed by atoms with E-state index < -0.39 is 0 Å². The van der Waals surface area contributed by atoms with Crippen LogP contribution in [-0.4, -0.2) is 31.9 Å². The van der Waals surface area contributed by atoms with Gasteiger partial charge in [0, 0.05) is 30.9 Å². The number of halogens is 1. The maximum atomic E-state index is 12.9. The van der Waals surface area contributed by atoms with Gasteiger partial charge in [0.1, 0.15) is 5.82 Å². The van der Waals surface area contributed by atoms with Gasteiger partial charge in [0.2, 0.25) is 11.7 Å². The van der Waals surface area contributed by atoms with Gasteiger partial charge < -0.3 is 4.52 Å². The molecule has 2 heterocycles. The SMILES string of the molecule is CN(Cc1cnn(C)c1)Cc1nc(-c2ccc(F)cc2)no1. The van der Waals surface area contributed by atoms with Crippen molar-refractivity contribution < 1.29 is 8.91 Å². The fourth-order valence-electron chi connectivity index (χ4n) is 2.19. The van der Waals surface area contributed by atoms with Crippen LogP contribution in [0.25, 0.3) is 11.4 Å². The number of benzene rings is 1. The Kier molecular flexibility index (Phi) is 3.97. The molecule has 0 bridgehead atoms. The topological polar surface area (TPSA) is 60.0 Å². The molecular weight excluding hydrogens is 285 g/mol. The summed E-state index contributed by atoms with van der Waals surface area (Å²) in [4.78, 5) is 6.39. The highest BCUT2D eigenvalue weighted by Gasteiger charge is 2.11. The number of rotatable bonds is 5. The van der Waals surface area contributed by atoms with Crippen molar-refractivity contribution in [2.45, 2.75) is 13.1 Å². The van der Waals surface area contributed by atoms with Crippen LogP contribution in [0.15, 0.2) is 41.2 Å². The lowest BCUT2D eigenvalue weighted by atomic mass is 10.2. The van der Waals surface area contributed by atoms with E-state index in [0.29, 0.717) is 18.3 Å². The monoisotopic (exact) mass is 301 g/mol. The number of aryl methyl sites for hydroxylation is 1. The lowest BCUT2D eigenvalue weighted by Crippen LogP contribution is -2.17. The van der Waals surface area contributed by atoms with Gasteiger partial charge >= 0.3 is 0 Å². The molecule has 0 saturated heterocycles. The first-order valence-corrected chi connectivity index (χ1v) is 6.85. The predicted molar refractivity (Wildman–Crippen MR) is 78.1 cm³/mol. The second-order valence-corrected chi connectivity index (χ2v) is 5.21. The molecule has 0 saturated carbocycles. The first-order valence-electron chi connectivity index (χ1n) is 6.85. The molecular formula is C15H16FN5O. The molecule has 0 aliphatic heterocycles. The van der Waals surface area contributed by atoms with Crippen LogP contribution in [-0.2, 0) is 20.1 Å². The quantitative estimate of drug-likeness (QED) is 0.723. The van der Waals surface area contributed by atoms with E-state index in [-0.39, 0.29) is 5.82 Å². The molecule has 0 aliphatic carbocycles. The zero-order valence-corrected chi connectivity index (χ0v) is 12.4. The van der Waals surface area contributed by atoms with Crippen LogP contribution in [0.1, 0.15) is 11.5 Å². The fourth-order valence-corrected chi connectivity index (χ4v) is 2.19. The Morgan fingerprint density at radius 2 is 2.00 bits per heavy atom. The highest BCUT2D eigenvalue weighted by Crippen LogP contribution is 2.16. The van der Waals surface area contributed by atoms with Crippen LogP contribution in [0.3, 0.4) is 0 Å². The van der Waals surface area contributed by atoms with Gasteiger partial charge in [-0.25, -0.2) is 4.39 Å². The molecule has 0 atom stereocenters. The second kappa shape index (κ2) is 6.07. The third-order valence-corrected chi connectivity index (χ3v) is 3.19. The van der Waals surface area contributed by atoms with E-state index in [4.69, 9.17) is 4.52 Å². The number of hydrogen-bond donors (Lipinski definition) is 0. The predicted octanol–water partition coefficient (Wildman–Crippen LogP) is 2.24. The van der Waals surface area contributed by atoms with Gasteiger partial charge in [0.05, 0.1) is 12.7 Å². The summed E-state index contributed by atoms with van der Waals surface area (Å²) in [5.41, 5.74) is 1.84. The van der Waals surface area contributed by atoms with Gasteiger partial charge in [0.25, 0.3) is 0 Å². The summed E-state index contributed by atoms with van der Waals surface area (Å²) in [6.45, 7) is 1.27. The molecule has 3 rings (SSSR count). The van der Waals surface area contributed by atoms with Gasteiger partial charge in [0.15, 0.2) is 0 Å². The number of nitrogens with zero attached hydrogens (tertiary/aromatic N) is 5. The van der Waals surface area contributed by atoms with E-state index in [1.807, 2.05) is 26.5 Å². The average molecular weight is 301 g/mol. The van der Waals surface area contributed by atoms with Gasteiger partial charge in [-0.2, -0.15) is 10.1 Å². The highest BCUT2D eigenvalue weighted by atomic mass is 19.1. The molecule has 22 heavy (non-hydrogen) atoms. The average Bonchev–Trinajstić information content (AvgIpc) is 3.09. The Balaban J connectivity index is 1.65. The van der Waals surface area contributed by atoms with Gasteiger partial charge in [-0.3, -0.25) is 9.58 Å². The van der Waals surface area contributed by atoms with Crippen molar-refractivity contribution in [2.75, 3.05) is 7.05 Å². The van der Waals surface area contributed by atoms with Crippen LogP contribution >= 0.6 is 0 Å². The maximum Gasteiger partial charge on any atom is 0.241 e. The molecule has 0 unspecified atom stereocenters. The molecule has 1 aromatic carbocycles. The number of hydrogen-bond acceptors (Lipinski definition) is 5. The largest absolute Gasteiger partial charge is 0.338 e. The van der Waals surface area contributed by atoms with Crippen LogP contribution in [0, 0.1) is 5.82 Å². The zero-order chi connectivity index (χ0) is 15.5. The standard InChI is InChI=1S/C15H16FN5O/c1-20(8-11-7-17-21(2)9-11)10-14-18-15(19-22-14)12-3-5-13(16)6-4-12/h3-7,9H,8,10H2,1-2H3. The van der Waals surface area contributed by atoms with Crippen molar-refractivity contribution in [3.63, 3.8) is 0 Å². The summed E-state index contributed by atoms with van der Waals surface area (Å²) >= 11 is 0. The van der Waals surface area contributed by atoms with Crippen LogP contribution < -0.4 is 0 Å². The summed E-state index contributed by atoms with van der Waals surface area (Å²) in [6, 6.07) is 6.01. The van der Waals surface area contributed by atoms with E-state index in [2.05, 4.69) is 20.1 Å². The minimum atomic E-state index is -0.288. The molecule has 0 fully saturated rings. The van der Waals surface area contributed by atoms with Gasteiger partial charge in [-0.1, -0.05) is 5.16 Å². The van der Waals surface area contributed by atoms with E-state index in [9.17, 15) is 4.39 Å². The second-order valence-electron chi connectivity index (χ2n) is 5.21. The number of aromatic nitrogens is 4. The van der Waals surface area contributed by atoms with Crippen molar-refractivity contribution >= 4 is 0 Å². The third kappa shape index (κ3) is 3.37. The zero-order valence-electron chi connectivity index (χ0n) is 12.4. The van der Waals surface area contributed by atoms with Crippen molar-refractivity contribution in [1.29, 1.82) is 0 Å². The summed E-state index contributed by atoms with van der Waals surface area (Å²) in [5.74, 6) is 0.694. The normalized spacial score (nSPS) is 11.3. The van der Waals surface area contributed by atoms with Crippen molar-refractivity contribution in [3.8, 4) is 11.4 Å². The van der Waals surface area contributed by atoms with Crippen LogP contribution in [0.5, 0.6) is 0 Å². The lowest BCUT2D eigenvalue weighted by molar-refractivity contribution is 0.261. The molecule has 114 valence electrons. The van der Waals surface area contributed by atoms with Crippen molar-refractivity contribution in [2.24, 2.45) is 7.05 Å². The maximum absolute atomic E-state index is 12.9. The van der Waals surface area contributed by atoms with Crippen molar-refractivity contribution in [1.82, 2.24) is 24.8 Å². The Bertz CT molecular complexity index is 749. The molecule has 0 spiro atoms. The first-order chi connectivity index (χ1) is 10.6. The molecule has 0 N–H and O–H groups in total. The first kappa shape index (κ1) is 14.4. The minimum absolute atomic E-state index is 0.288. The summed E-state index contributed by atoms with van der Waals surface area (Å²) in [7, 11) is 3.85. The van der Waals surface area contributed by atoms with Gasteiger partial charge in [-0.05, 0) is 31.3 Å². The Labute approximate surface area is 127 Å². The van der Waals surface area contributed by atoms with Crippen molar-refractivity contribution in [3.05, 3.63) is 53.9 Å². The molecule has 6 nitrogen and oxygen atoms in total. The molecule has 0 aliphatic rings. The Hall–Kier alpha value is -2.54. The minimum Gasteiger partial charge on any atom is -0.338 e. The summed E-state index contributed by atoms with van der Waals surface area (Å²) in [5, 5.41) is 8.06. The fraction of sp³-hybridized carbons (Fsp3) is 0.267. The van der Waals surface area contributed by atoms with E-state index in [1.165, 1.54) is 12.1 Å². The highest BCUT2D eigenvalue weighted by molar-refractivity contribution is 5.53. The molecule has 3 aromatic rings. The summed E-state index contributed by atoms with van der Waals surface area (Å²) < 4.78 is 19.9. The summed E-state index contributed by atoms with van der Waals surface area (Å²) in [6.07, 6.45) is 3.79. The lowest BCUT2D eigenvalue weighted by Gasteiger charge is -2.12. The molecule has 0 radical (unpaired) electrons. The van der Waals surface area contributed by atoms with Gasteiger partial charge in [-0.15, -0.1) is 0 Å².